The highest BCUT2D eigenvalue weighted by Gasteiger charge is 2.32. The molecule has 0 radical (unpaired) electrons. The minimum atomic E-state index is -3.83. The number of nitrogens with zero attached hydrogens (tertiary/aromatic N) is 2. The van der Waals surface area contributed by atoms with Gasteiger partial charge in [0.25, 0.3) is 0 Å². The topological polar surface area (TPSA) is 153 Å². The van der Waals surface area contributed by atoms with Crippen LogP contribution in [0, 0.1) is 0 Å². The number of benzene rings is 2. The SMILES string of the molecule is NC(=O)N(O)C1CCCC(c2nc(-c3ccc(Cl)cc3)c(-c3ccc(S(N)(=O)=O)cc3)o2)C1. The van der Waals surface area contributed by atoms with E-state index >= 15 is 0 Å². The zero-order valence-electron chi connectivity index (χ0n) is 17.5. The van der Waals surface area contributed by atoms with Crippen molar-refractivity contribution in [2.24, 2.45) is 10.9 Å². The first-order chi connectivity index (χ1) is 15.6. The number of halogens is 1. The van der Waals surface area contributed by atoms with Crippen molar-refractivity contribution in [3.63, 3.8) is 0 Å². The van der Waals surface area contributed by atoms with Gasteiger partial charge in [-0.05, 0) is 55.7 Å². The summed E-state index contributed by atoms with van der Waals surface area (Å²) in [6, 6.07) is 11.8. The number of aromatic nitrogens is 1. The normalized spacial score (nSPS) is 18.8. The molecule has 2 unspecified atom stereocenters. The fourth-order valence-corrected chi connectivity index (χ4v) is 4.74. The first-order valence-corrected chi connectivity index (χ1v) is 12.2. The van der Waals surface area contributed by atoms with Crippen molar-refractivity contribution in [1.29, 1.82) is 0 Å². The number of primary sulfonamides is 1. The molecule has 1 saturated carbocycles. The average Bonchev–Trinajstić information content (AvgIpc) is 3.24. The lowest BCUT2D eigenvalue weighted by Crippen LogP contribution is -2.43. The lowest BCUT2D eigenvalue weighted by atomic mass is 9.85. The number of amides is 2. The molecule has 0 aliphatic heterocycles. The van der Waals surface area contributed by atoms with Crippen LogP contribution < -0.4 is 10.9 Å². The van der Waals surface area contributed by atoms with Gasteiger partial charge < -0.3 is 10.2 Å². The van der Waals surface area contributed by atoms with Gasteiger partial charge in [-0.15, -0.1) is 0 Å². The van der Waals surface area contributed by atoms with Crippen LogP contribution in [0.2, 0.25) is 5.02 Å². The van der Waals surface area contributed by atoms with Crippen LogP contribution in [0.3, 0.4) is 0 Å². The predicted molar refractivity (Wildman–Crippen MR) is 122 cm³/mol. The molecule has 2 atom stereocenters. The summed E-state index contributed by atoms with van der Waals surface area (Å²) in [5.74, 6) is 0.792. The third-order valence-electron chi connectivity index (χ3n) is 5.77. The Morgan fingerprint density at radius 3 is 2.33 bits per heavy atom. The molecule has 1 fully saturated rings. The second kappa shape index (κ2) is 9.14. The van der Waals surface area contributed by atoms with Crippen LogP contribution in [0.5, 0.6) is 0 Å². The molecule has 2 aromatic carbocycles. The summed E-state index contributed by atoms with van der Waals surface area (Å²) >= 11 is 6.04. The molecule has 1 aliphatic rings. The van der Waals surface area contributed by atoms with E-state index in [1.54, 1.807) is 24.3 Å². The summed E-state index contributed by atoms with van der Waals surface area (Å²) in [4.78, 5) is 16.1. The van der Waals surface area contributed by atoms with Gasteiger partial charge in [0.1, 0.15) is 5.69 Å². The fourth-order valence-electron chi connectivity index (χ4n) is 4.10. The summed E-state index contributed by atoms with van der Waals surface area (Å²) < 4.78 is 29.4. The van der Waals surface area contributed by atoms with Crippen molar-refractivity contribution < 1.29 is 22.8 Å². The molecule has 174 valence electrons. The molecule has 0 spiro atoms. The smallest absolute Gasteiger partial charge is 0.338 e. The lowest BCUT2D eigenvalue weighted by Gasteiger charge is -2.31. The Kier molecular flexibility index (Phi) is 6.44. The second-order valence-electron chi connectivity index (χ2n) is 8.01. The van der Waals surface area contributed by atoms with E-state index in [1.165, 1.54) is 12.1 Å². The largest absolute Gasteiger partial charge is 0.440 e. The van der Waals surface area contributed by atoms with Gasteiger partial charge in [-0.2, -0.15) is 0 Å². The number of hydrogen-bond acceptors (Lipinski definition) is 6. The zero-order chi connectivity index (χ0) is 23.8. The molecule has 33 heavy (non-hydrogen) atoms. The highest BCUT2D eigenvalue weighted by atomic mass is 35.5. The van der Waals surface area contributed by atoms with Gasteiger partial charge in [0.05, 0.1) is 10.9 Å². The maximum atomic E-state index is 11.6. The summed E-state index contributed by atoms with van der Waals surface area (Å²) in [5, 5.41) is 16.3. The third kappa shape index (κ3) is 5.03. The number of nitrogens with two attached hydrogens (primary N) is 2. The van der Waals surface area contributed by atoms with Crippen molar-refractivity contribution >= 4 is 27.7 Å². The Labute approximate surface area is 196 Å². The lowest BCUT2D eigenvalue weighted by molar-refractivity contribution is -0.0865. The molecule has 5 N–H and O–H groups in total. The van der Waals surface area contributed by atoms with Crippen LogP contribution in [0.1, 0.15) is 37.5 Å². The quantitative estimate of drug-likeness (QED) is 0.361. The van der Waals surface area contributed by atoms with E-state index < -0.39 is 22.1 Å². The first-order valence-electron chi connectivity index (χ1n) is 10.3. The number of urea groups is 1. The van der Waals surface area contributed by atoms with E-state index in [0.29, 0.717) is 45.8 Å². The van der Waals surface area contributed by atoms with E-state index in [1.807, 2.05) is 12.1 Å². The van der Waals surface area contributed by atoms with Crippen LogP contribution in [0.4, 0.5) is 4.79 Å². The van der Waals surface area contributed by atoms with Crippen molar-refractivity contribution in [3.05, 3.63) is 59.4 Å². The highest BCUT2D eigenvalue weighted by Crippen LogP contribution is 2.40. The Hall–Kier alpha value is -2.92. The molecule has 1 heterocycles. The summed E-state index contributed by atoms with van der Waals surface area (Å²) in [5.41, 5.74) is 7.19. The zero-order valence-corrected chi connectivity index (χ0v) is 19.1. The van der Waals surface area contributed by atoms with Gasteiger partial charge >= 0.3 is 6.03 Å². The van der Waals surface area contributed by atoms with Gasteiger partial charge in [-0.3, -0.25) is 5.21 Å². The number of oxazole rings is 1. The standard InChI is InChI=1S/C22H23ClN4O5S/c23-16-8-4-13(5-9-16)19-20(14-6-10-18(11-7-14)33(25,30)31)32-21(26-19)15-2-1-3-17(12-15)27(29)22(24)28/h4-11,15,17,29H,1-3,12H2,(H2,24,28)(H2,25,30,31). The molecule has 3 aromatic rings. The Morgan fingerprint density at radius 1 is 1.09 bits per heavy atom. The van der Waals surface area contributed by atoms with Crippen LogP contribution in [0.15, 0.2) is 57.8 Å². The molecule has 1 aliphatic carbocycles. The third-order valence-corrected chi connectivity index (χ3v) is 6.96. The summed E-state index contributed by atoms with van der Waals surface area (Å²) in [6.45, 7) is 0. The summed E-state index contributed by atoms with van der Waals surface area (Å²) in [7, 11) is -3.83. The van der Waals surface area contributed by atoms with Crippen LogP contribution in [-0.4, -0.2) is 35.7 Å². The van der Waals surface area contributed by atoms with Crippen LogP contribution in [-0.2, 0) is 10.0 Å². The van der Waals surface area contributed by atoms with E-state index in [9.17, 15) is 18.4 Å². The highest BCUT2D eigenvalue weighted by molar-refractivity contribution is 7.89. The minimum absolute atomic E-state index is 0.0105. The second-order valence-corrected chi connectivity index (χ2v) is 10.0. The van der Waals surface area contributed by atoms with E-state index in [0.717, 1.165) is 18.4 Å². The molecule has 11 heteroatoms. The minimum Gasteiger partial charge on any atom is -0.440 e. The Balaban J connectivity index is 1.74. The van der Waals surface area contributed by atoms with Crippen molar-refractivity contribution in [3.8, 4) is 22.6 Å². The number of hydroxylamine groups is 2. The first kappa shape index (κ1) is 23.2. The Bertz CT molecular complexity index is 1260. The van der Waals surface area contributed by atoms with Crippen molar-refractivity contribution in [2.45, 2.75) is 42.5 Å². The maximum Gasteiger partial charge on any atom is 0.338 e. The Morgan fingerprint density at radius 2 is 1.73 bits per heavy atom. The van der Waals surface area contributed by atoms with Crippen molar-refractivity contribution in [1.82, 2.24) is 10.0 Å². The number of hydrogen-bond donors (Lipinski definition) is 3. The van der Waals surface area contributed by atoms with Gasteiger partial charge in [-0.1, -0.05) is 30.2 Å². The molecule has 0 saturated heterocycles. The van der Waals surface area contributed by atoms with Gasteiger partial charge in [-0.25, -0.2) is 28.4 Å². The van der Waals surface area contributed by atoms with E-state index in [2.05, 4.69) is 0 Å². The molecular formula is C22H23ClN4O5S. The number of sulfonamides is 1. The van der Waals surface area contributed by atoms with Crippen LogP contribution >= 0.6 is 11.6 Å². The molecular weight excluding hydrogens is 468 g/mol. The maximum absolute atomic E-state index is 11.6. The van der Waals surface area contributed by atoms with Gasteiger partial charge in [0, 0.05) is 22.1 Å². The number of carbonyl (C=O) groups excluding carboxylic acids is 1. The van der Waals surface area contributed by atoms with Gasteiger partial charge in [0.2, 0.25) is 10.0 Å². The number of primary amides is 1. The molecule has 1 aromatic heterocycles. The molecule has 0 bridgehead atoms. The number of carbonyl (C=O) groups is 1. The van der Waals surface area contributed by atoms with Crippen LogP contribution in [0.25, 0.3) is 22.6 Å². The number of rotatable bonds is 5. The van der Waals surface area contributed by atoms with E-state index in [-0.39, 0.29) is 10.8 Å². The van der Waals surface area contributed by atoms with E-state index in [4.69, 9.17) is 31.9 Å². The van der Waals surface area contributed by atoms with Gasteiger partial charge in [0.15, 0.2) is 11.7 Å². The van der Waals surface area contributed by atoms with Crippen molar-refractivity contribution in [2.75, 3.05) is 0 Å². The summed E-state index contributed by atoms with van der Waals surface area (Å²) in [6.07, 6.45) is 2.61. The predicted octanol–water partition coefficient (Wildman–Crippen LogP) is 4.11. The molecule has 9 nitrogen and oxygen atoms in total. The molecule has 2 amide bonds. The molecule has 4 rings (SSSR count). The monoisotopic (exact) mass is 490 g/mol. The fraction of sp³-hybridized carbons (Fsp3) is 0.273. The average molecular weight is 491 g/mol.